The number of carbonyl (C=O) groups excluding carboxylic acids is 1. The Morgan fingerprint density at radius 3 is 2.26 bits per heavy atom. The van der Waals surface area contributed by atoms with Crippen molar-refractivity contribution in [3.05, 3.63) is 107 Å². The Bertz CT molecular complexity index is 1640. The number of nitrogens with zero attached hydrogens (tertiary/aromatic N) is 2. The predicted molar refractivity (Wildman–Crippen MR) is 141 cm³/mol. The summed E-state index contributed by atoms with van der Waals surface area (Å²) >= 11 is 0. The Labute approximate surface area is 223 Å². The monoisotopic (exact) mass is 525 g/mol. The minimum Gasteiger partial charge on any atom is -0.480 e. The first kappa shape index (κ1) is 25.6. The van der Waals surface area contributed by atoms with Crippen molar-refractivity contribution in [2.24, 2.45) is 0 Å². The van der Waals surface area contributed by atoms with Crippen molar-refractivity contribution >= 4 is 11.9 Å². The zero-order valence-corrected chi connectivity index (χ0v) is 21.1. The highest BCUT2D eigenvalue weighted by Crippen LogP contribution is 2.26. The number of aromatic nitrogens is 2. The number of rotatable bonds is 8. The van der Waals surface area contributed by atoms with Gasteiger partial charge in [-0.25, -0.2) is 9.18 Å². The second-order valence-electron chi connectivity index (χ2n) is 9.20. The largest absolute Gasteiger partial charge is 0.480 e. The van der Waals surface area contributed by atoms with Crippen molar-refractivity contribution in [2.45, 2.75) is 26.3 Å². The highest BCUT2D eigenvalue weighted by atomic mass is 19.1. The quantitative estimate of drug-likeness (QED) is 0.261. The van der Waals surface area contributed by atoms with Crippen LogP contribution < -0.4 is 5.32 Å². The molecule has 5 aromatic rings. The lowest BCUT2D eigenvalue weighted by Crippen LogP contribution is -2.42. The first-order valence-corrected chi connectivity index (χ1v) is 12.2. The van der Waals surface area contributed by atoms with E-state index in [0.717, 1.165) is 16.7 Å². The summed E-state index contributed by atoms with van der Waals surface area (Å²) in [6.07, 6.45) is -0.109. The van der Waals surface area contributed by atoms with Gasteiger partial charge in [0.15, 0.2) is 5.76 Å². The Morgan fingerprint density at radius 2 is 1.59 bits per heavy atom. The van der Waals surface area contributed by atoms with Gasteiger partial charge in [-0.05, 0) is 55.8 Å². The van der Waals surface area contributed by atoms with Gasteiger partial charge >= 0.3 is 5.97 Å². The topological polar surface area (TPSA) is 118 Å². The number of nitrogens with one attached hydrogen (secondary N) is 1. The number of carboxylic acid groups (broad SMARTS) is 1. The van der Waals surface area contributed by atoms with E-state index < -0.39 is 23.7 Å². The van der Waals surface area contributed by atoms with Gasteiger partial charge in [0.25, 0.3) is 11.8 Å². The maximum atomic E-state index is 14.7. The van der Waals surface area contributed by atoms with Crippen LogP contribution in [0, 0.1) is 19.7 Å². The zero-order valence-electron chi connectivity index (χ0n) is 21.1. The lowest BCUT2D eigenvalue weighted by atomic mass is 10.0. The maximum Gasteiger partial charge on any atom is 0.326 e. The minimum atomic E-state index is -1.29. The Balaban J connectivity index is 1.32. The number of hydrogen-bond acceptors (Lipinski definition) is 6. The Kier molecular flexibility index (Phi) is 7.05. The van der Waals surface area contributed by atoms with Crippen LogP contribution in [0.5, 0.6) is 0 Å². The van der Waals surface area contributed by atoms with Gasteiger partial charge in [0.2, 0.25) is 5.82 Å². The van der Waals surface area contributed by atoms with Crippen LogP contribution in [0.2, 0.25) is 0 Å². The summed E-state index contributed by atoms with van der Waals surface area (Å²) in [6, 6.07) is 21.0. The second kappa shape index (κ2) is 10.7. The van der Waals surface area contributed by atoms with E-state index in [0.29, 0.717) is 16.9 Å². The second-order valence-corrected chi connectivity index (χ2v) is 9.20. The molecule has 1 atom stereocenters. The highest BCUT2D eigenvalue weighted by molar-refractivity contribution is 5.94. The van der Waals surface area contributed by atoms with Gasteiger partial charge in [-0.2, -0.15) is 4.98 Å². The normalized spacial score (nSPS) is 11.8. The smallest absolute Gasteiger partial charge is 0.326 e. The molecule has 0 aliphatic heterocycles. The van der Waals surface area contributed by atoms with E-state index in [-0.39, 0.29) is 29.5 Å². The number of amides is 1. The Hall–Kier alpha value is -5.05. The number of benzene rings is 3. The highest BCUT2D eigenvalue weighted by Gasteiger charge is 2.24. The van der Waals surface area contributed by atoms with Crippen LogP contribution in [0.3, 0.4) is 0 Å². The van der Waals surface area contributed by atoms with E-state index in [2.05, 4.69) is 15.5 Å². The molecular weight excluding hydrogens is 501 g/mol. The SMILES string of the molecule is Cc1ccc(-c2ccc(C(=O)N[C@H](Cc3ccc(F)c(-c4noc(-c5ccc(C)cc5)n4)c3)C(=O)O)o2)cc1. The molecule has 0 saturated heterocycles. The van der Waals surface area contributed by atoms with Crippen molar-refractivity contribution in [1.82, 2.24) is 15.5 Å². The molecule has 0 aliphatic rings. The van der Waals surface area contributed by atoms with E-state index in [1.807, 2.05) is 62.4 Å². The molecule has 1 amide bonds. The van der Waals surface area contributed by atoms with Crippen LogP contribution in [0.25, 0.3) is 34.2 Å². The molecule has 0 saturated carbocycles. The van der Waals surface area contributed by atoms with E-state index in [1.54, 1.807) is 6.07 Å². The molecule has 39 heavy (non-hydrogen) atoms. The standard InChI is InChI=1S/C30H24FN3O5/c1-17-3-8-20(9-4-17)25-13-14-26(38-25)28(35)32-24(30(36)37)16-19-7-12-23(31)22(15-19)27-33-29(39-34-27)21-10-5-18(2)6-11-21/h3-15,24H,16H2,1-2H3,(H,32,35)(H,36,37)/t24-/m1/s1. The number of halogens is 1. The van der Waals surface area contributed by atoms with Crippen LogP contribution >= 0.6 is 0 Å². The summed E-state index contributed by atoms with van der Waals surface area (Å²) < 4.78 is 25.7. The average Bonchev–Trinajstić information content (AvgIpc) is 3.61. The van der Waals surface area contributed by atoms with Crippen molar-refractivity contribution in [3.8, 4) is 34.2 Å². The summed E-state index contributed by atoms with van der Waals surface area (Å²) in [5.41, 5.74) is 4.14. The summed E-state index contributed by atoms with van der Waals surface area (Å²) in [6.45, 7) is 3.92. The molecular formula is C30H24FN3O5. The summed E-state index contributed by atoms with van der Waals surface area (Å²) in [4.78, 5) is 29.1. The van der Waals surface area contributed by atoms with Gasteiger partial charge in [-0.1, -0.05) is 58.7 Å². The first-order valence-electron chi connectivity index (χ1n) is 12.2. The zero-order chi connectivity index (χ0) is 27.5. The third-order valence-electron chi connectivity index (χ3n) is 6.21. The summed E-state index contributed by atoms with van der Waals surface area (Å²) in [7, 11) is 0. The first-order chi connectivity index (χ1) is 18.8. The molecule has 2 N–H and O–H groups in total. The van der Waals surface area contributed by atoms with Gasteiger partial charge in [-0.15, -0.1) is 0 Å². The summed E-state index contributed by atoms with van der Waals surface area (Å²) in [5.74, 6) is -1.80. The number of aryl methyl sites for hydroxylation is 2. The van der Waals surface area contributed by atoms with Gasteiger partial charge in [-0.3, -0.25) is 4.79 Å². The Morgan fingerprint density at radius 1 is 0.923 bits per heavy atom. The molecule has 0 radical (unpaired) electrons. The number of carbonyl (C=O) groups is 2. The van der Waals surface area contributed by atoms with E-state index in [4.69, 9.17) is 8.94 Å². The van der Waals surface area contributed by atoms with Gasteiger partial charge in [0.1, 0.15) is 17.6 Å². The molecule has 0 unspecified atom stereocenters. The molecule has 2 aromatic heterocycles. The van der Waals surface area contributed by atoms with E-state index in [1.165, 1.54) is 24.3 Å². The van der Waals surface area contributed by atoms with Crippen LogP contribution in [0.4, 0.5) is 4.39 Å². The molecule has 2 heterocycles. The number of hydrogen-bond donors (Lipinski definition) is 2. The average molecular weight is 526 g/mol. The minimum absolute atomic E-state index is 0.0212. The molecule has 3 aromatic carbocycles. The van der Waals surface area contributed by atoms with Gasteiger partial charge in [0, 0.05) is 17.5 Å². The predicted octanol–water partition coefficient (Wildman–Crippen LogP) is 5.85. The van der Waals surface area contributed by atoms with Crippen molar-refractivity contribution in [1.29, 1.82) is 0 Å². The van der Waals surface area contributed by atoms with Crippen LogP contribution in [-0.2, 0) is 11.2 Å². The molecule has 5 rings (SSSR count). The fraction of sp³-hybridized carbons (Fsp3) is 0.133. The molecule has 0 aliphatic carbocycles. The molecule has 0 fully saturated rings. The third-order valence-corrected chi connectivity index (χ3v) is 6.21. The lowest BCUT2D eigenvalue weighted by molar-refractivity contribution is -0.139. The number of aliphatic carboxylic acids is 1. The van der Waals surface area contributed by atoms with E-state index in [9.17, 15) is 19.1 Å². The summed E-state index contributed by atoms with van der Waals surface area (Å²) in [5, 5.41) is 16.2. The van der Waals surface area contributed by atoms with Gasteiger partial charge in [0.05, 0.1) is 5.56 Å². The molecule has 0 spiro atoms. The third kappa shape index (κ3) is 5.77. The van der Waals surface area contributed by atoms with Crippen LogP contribution in [0.1, 0.15) is 27.2 Å². The van der Waals surface area contributed by atoms with Crippen molar-refractivity contribution < 1.29 is 28.0 Å². The lowest BCUT2D eigenvalue weighted by Gasteiger charge is -2.14. The number of furan rings is 1. The molecule has 0 bridgehead atoms. The maximum absolute atomic E-state index is 14.7. The van der Waals surface area contributed by atoms with Crippen LogP contribution in [-0.4, -0.2) is 33.2 Å². The fourth-order valence-corrected chi connectivity index (χ4v) is 4.02. The molecule has 9 heteroatoms. The number of carboxylic acids is 1. The van der Waals surface area contributed by atoms with Crippen molar-refractivity contribution in [2.75, 3.05) is 0 Å². The van der Waals surface area contributed by atoms with Gasteiger partial charge < -0.3 is 19.4 Å². The molecule has 196 valence electrons. The van der Waals surface area contributed by atoms with E-state index >= 15 is 0 Å². The molecule has 8 nitrogen and oxygen atoms in total. The van der Waals surface area contributed by atoms with Crippen molar-refractivity contribution in [3.63, 3.8) is 0 Å². The fourth-order valence-electron chi connectivity index (χ4n) is 4.02. The van der Waals surface area contributed by atoms with Crippen LogP contribution in [0.15, 0.2) is 87.8 Å².